The maximum Gasteiger partial charge on any atom is 0.210 e. The number of anilines is 2. The number of rotatable bonds is 5. The van der Waals surface area contributed by atoms with Crippen LogP contribution in [-0.2, 0) is 12.5 Å². The molecule has 0 unspecified atom stereocenters. The van der Waals surface area contributed by atoms with E-state index >= 15 is 0 Å². The van der Waals surface area contributed by atoms with Crippen molar-refractivity contribution in [3.63, 3.8) is 0 Å². The molecule has 0 saturated carbocycles. The predicted octanol–water partition coefficient (Wildman–Crippen LogP) is 5.32. The van der Waals surface area contributed by atoms with Crippen molar-refractivity contribution in [2.75, 3.05) is 25.5 Å². The van der Waals surface area contributed by atoms with Crippen LogP contribution in [0.2, 0.25) is 5.02 Å². The normalized spacial score (nSPS) is 16.7. The van der Waals surface area contributed by atoms with Crippen molar-refractivity contribution in [3.05, 3.63) is 53.3 Å². The lowest BCUT2D eigenvalue weighted by Crippen LogP contribution is -2.24. The summed E-state index contributed by atoms with van der Waals surface area (Å²) in [6.45, 7) is 8.62. The van der Waals surface area contributed by atoms with Gasteiger partial charge in [-0.25, -0.2) is 13.9 Å². The Labute approximate surface area is 224 Å². The Hall–Kier alpha value is -3.70. The SMILES string of the molecule is CN1CC[C@H](n2nc(Nc3nc4ncc(Oc5cnn6cc(F)ccc56)c(Cl)c4n3C)cc2C(C)(C)C)C1. The van der Waals surface area contributed by atoms with Crippen molar-refractivity contribution in [2.24, 2.45) is 7.05 Å². The number of aromatic nitrogens is 7. The van der Waals surface area contributed by atoms with Crippen molar-refractivity contribution in [2.45, 2.75) is 38.6 Å². The van der Waals surface area contributed by atoms with Gasteiger partial charge in [-0.3, -0.25) is 4.68 Å². The van der Waals surface area contributed by atoms with Crippen LogP contribution in [0.1, 0.15) is 38.9 Å². The molecular weight excluding hydrogens is 509 g/mol. The Morgan fingerprint density at radius 2 is 1.97 bits per heavy atom. The number of likely N-dealkylation sites (N-methyl/N-ethyl adjacent to an activating group) is 1. The van der Waals surface area contributed by atoms with Crippen LogP contribution in [0.5, 0.6) is 11.5 Å². The summed E-state index contributed by atoms with van der Waals surface area (Å²) >= 11 is 6.78. The average molecular weight is 538 g/mol. The Morgan fingerprint density at radius 1 is 1.16 bits per heavy atom. The molecule has 0 amide bonds. The molecule has 0 radical (unpaired) electrons. The van der Waals surface area contributed by atoms with Crippen LogP contribution in [0.4, 0.5) is 16.2 Å². The Kier molecular flexibility index (Phi) is 5.80. The number of nitrogens with zero attached hydrogens (tertiary/aromatic N) is 8. The zero-order chi connectivity index (χ0) is 26.8. The third kappa shape index (κ3) is 4.25. The van der Waals surface area contributed by atoms with Crippen molar-refractivity contribution >= 4 is 40.0 Å². The largest absolute Gasteiger partial charge is 0.450 e. The molecule has 1 N–H and O–H groups in total. The molecule has 10 nitrogen and oxygen atoms in total. The lowest BCUT2D eigenvalue weighted by Gasteiger charge is -2.23. The molecule has 1 aliphatic rings. The highest BCUT2D eigenvalue weighted by molar-refractivity contribution is 6.36. The monoisotopic (exact) mass is 537 g/mol. The smallest absolute Gasteiger partial charge is 0.210 e. The lowest BCUT2D eigenvalue weighted by atomic mass is 9.91. The maximum atomic E-state index is 13.5. The van der Waals surface area contributed by atoms with Gasteiger partial charge in [0.1, 0.15) is 21.9 Å². The minimum absolute atomic E-state index is 0.0680. The molecule has 0 aromatic carbocycles. The lowest BCUT2D eigenvalue weighted by molar-refractivity contribution is 0.366. The number of imidazole rings is 1. The van der Waals surface area contributed by atoms with E-state index in [1.807, 2.05) is 11.6 Å². The topological polar surface area (TPSA) is 90.3 Å². The summed E-state index contributed by atoms with van der Waals surface area (Å²) in [5.41, 5.74) is 2.79. The fourth-order valence-corrected chi connectivity index (χ4v) is 5.25. The van der Waals surface area contributed by atoms with Crippen LogP contribution in [-0.4, -0.2) is 59.0 Å². The minimum atomic E-state index is -0.391. The second kappa shape index (κ2) is 8.95. The number of likely N-dealkylation sites (tertiary alicyclic amines) is 1. The number of pyridine rings is 2. The van der Waals surface area contributed by atoms with Crippen LogP contribution >= 0.6 is 11.6 Å². The molecule has 1 aliphatic heterocycles. The minimum Gasteiger partial charge on any atom is -0.450 e. The van der Waals surface area contributed by atoms with Crippen LogP contribution in [0, 0.1) is 5.82 Å². The molecule has 1 saturated heterocycles. The van der Waals surface area contributed by atoms with Gasteiger partial charge in [0.2, 0.25) is 5.95 Å². The highest BCUT2D eigenvalue weighted by Crippen LogP contribution is 2.37. The van der Waals surface area contributed by atoms with Gasteiger partial charge in [0, 0.05) is 30.8 Å². The van der Waals surface area contributed by atoms with Gasteiger partial charge in [-0.1, -0.05) is 32.4 Å². The first-order chi connectivity index (χ1) is 18.1. The highest BCUT2D eigenvalue weighted by Gasteiger charge is 2.29. The number of hydrogen-bond acceptors (Lipinski definition) is 7. The second-order valence-electron chi connectivity index (χ2n) is 10.8. The van der Waals surface area contributed by atoms with E-state index in [-0.39, 0.29) is 5.41 Å². The number of halogens is 2. The predicted molar refractivity (Wildman–Crippen MR) is 144 cm³/mol. The molecule has 0 aliphatic carbocycles. The Morgan fingerprint density at radius 3 is 2.71 bits per heavy atom. The van der Waals surface area contributed by atoms with Crippen LogP contribution in [0.25, 0.3) is 16.7 Å². The summed E-state index contributed by atoms with van der Waals surface area (Å²) in [5.74, 6) is 1.67. The van der Waals surface area contributed by atoms with Gasteiger partial charge in [-0.2, -0.15) is 15.2 Å². The van der Waals surface area contributed by atoms with Gasteiger partial charge in [0.25, 0.3) is 0 Å². The van der Waals surface area contributed by atoms with Crippen LogP contribution in [0.3, 0.4) is 0 Å². The molecule has 0 spiro atoms. The van der Waals surface area contributed by atoms with Crippen molar-refractivity contribution in [1.82, 2.24) is 38.8 Å². The van der Waals surface area contributed by atoms with Gasteiger partial charge in [0.05, 0.1) is 24.6 Å². The highest BCUT2D eigenvalue weighted by atomic mass is 35.5. The molecule has 198 valence electrons. The first-order valence-electron chi connectivity index (χ1n) is 12.5. The number of aryl methyl sites for hydroxylation is 1. The summed E-state index contributed by atoms with van der Waals surface area (Å²) in [6.07, 6.45) is 5.38. The number of nitrogens with one attached hydrogen (secondary N) is 1. The molecule has 5 aromatic rings. The van der Waals surface area contributed by atoms with Gasteiger partial charge < -0.3 is 19.5 Å². The van der Waals surface area contributed by atoms with Crippen molar-refractivity contribution in [3.8, 4) is 11.5 Å². The van der Waals surface area contributed by atoms with E-state index in [2.05, 4.69) is 63.9 Å². The zero-order valence-corrected chi connectivity index (χ0v) is 22.7. The fourth-order valence-electron chi connectivity index (χ4n) is 4.95. The fraction of sp³-hybridized carbons (Fsp3) is 0.385. The maximum absolute atomic E-state index is 13.5. The third-order valence-electron chi connectivity index (χ3n) is 6.93. The molecular formula is C26H29ClFN9O. The van der Waals surface area contributed by atoms with Gasteiger partial charge >= 0.3 is 0 Å². The van der Waals surface area contributed by atoms with E-state index in [1.165, 1.54) is 34.9 Å². The van der Waals surface area contributed by atoms with Gasteiger partial charge in [-0.15, -0.1) is 0 Å². The molecule has 6 heterocycles. The molecule has 0 bridgehead atoms. The van der Waals surface area contributed by atoms with E-state index in [0.29, 0.717) is 51.0 Å². The van der Waals surface area contributed by atoms with E-state index in [4.69, 9.17) is 21.4 Å². The summed E-state index contributed by atoms with van der Waals surface area (Å²) < 4.78 is 25.0. The molecule has 1 atom stereocenters. The molecule has 12 heteroatoms. The Bertz CT molecular complexity index is 1660. The van der Waals surface area contributed by atoms with E-state index < -0.39 is 5.82 Å². The summed E-state index contributed by atoms with van der Waals surface area (Å²) in [7, 11) is 4.00. The molecule has 5 aromatic heterocycles. The quantitative estimate of drug-likeness (QED) is 0.325. The van der Waals surface area contributed by atoms with Crippen molar-refractivity contribution in [1.29, 1.82) is 0 Å². The summed E-state index contributed by atoms with van der Waals surface area (Å²) in [4.78, 5) is 11.5. The van der Waals surface area contributed by atoms with E-state index in [0.717, 1.165) is 19.5 Å². The number of fused-ring (bicyclic) bond motifs is 2. The standard InChI is InChI=1S/C26H29ClFN9O/c1-26(2,3)20-10-21(33-37(20)16-8-9-34(4)14-16)31-25-32-24-23(35(25)5)22(27)19(11-29-24)38-18-12-30-36-13-15(28)6-7-17(18)36/h6-7,10-13,16H,8-9,14H2,1-5H3,(H,29,31,32,33)/t16-/m0/s1. The summed E-state index contributed by atoms with van der Waals surface area (Å²) in [6, 6.07) is 5.37. The summed E-state index contributed by atoms with van der Waals surface area (Å²) in [5, 5.41) is 12.8. The first-order valence-corrected chi connectivity index (χ1v) is 12.8. The molecule has 6 rings (SSSR count). The van der Waals surface area contributed by atoms with E-state index in [9.17, 15) is 4.39 Å². The average Bonchev–Trinajstić information content (AvgIpc) is 3.62. The number of ether oxygens (including phenoxy) is 1. The number of hydrogen-bond donors (Lipinski definition) is 1. The molecule has 38 heavy (non-hydrogen) atoms. The zero-order valence-electron chi connectivity index (χ0n) is 21.9. The van der Waals surface area contributed by atoms with Crippen molar-refractivity contribution < 1.29 is 9.13 Å². The Balaban J connectivity index is 1.33. The van der Waals surface area contributed by atoms with E-state index in [1.54, 1.807) is 6.07 Å². The molecule has 1 fully saturated rings. The third-order valence-corrected chi connectivity index (χ3v) is 7.29. The second-order valence-corrected chi connectivity index (χ2v) is 11.2. The van der Waals surface area contributed by atoms with Gasteiger partial charge in [-0.05, 0) is 32.1 Å². The van der Waals surface area contributed by atoms with Crippen LogP contribution in [0.15, 0.2) is 36.8 Å². The van der Waals surface area contributed by atoms with Crippen LogP contribution < -0.4 is 10.1 Å². The first kappa shape index (κ1) is 24.6. The van der Waals surface area contributed by atoms with Gasteiger partial charge in [0.15, 0.2) is 23.0 Å².